The molecule has 5 atom stereocenters. The highest BCUT2D eigenvalue weighted by Crippen LogP contribution is 2.23. The molecule has 0 aromatic heterocycles. The first kappa shape index (κ1) is 28.1. The monoisotopic (exact) mass is 442 g/mol. The molecule has 6 nitrogen and oxygen atoms in total. The lowest BCUT2D eigenvalue weighted by molar-refractivity contribution is -0.273. The van der Waals surface area contributed by atoms with Gasteiger partial charge in [0.15, 0.2) is 6.29 Å². The van der Waals surface area contributed by atoms with Gasteiger partial charge in [0.1, 0.15) is 6.10 Å². The molecule has 0 saturated carbocycles. The normalized spacial score (nSPS) is 25.2. The predicted octanol–water partition coefficient (Wildman–Crippen LogP) is 5.35. The van der Waals surface area contributed by atoms with Gasteiger partial charge in [-0.1, -0.05) is 76.7 Å². The lowest BCUT2D eigenvalue weighted by Crippen LogP contribution is -2.48. The second-order valence-electron chi connectivity index (χ2n) is 9.09. The van der Waals surface area contributed by atoms with E-state index in [-0.39, 0.29) is 12.2 Å². The number of carboxylic acids is 1. The van der Waals surface area contributed by atoms with Gasteiger partial charge in [-0.15, -0.1) is 0 Å². The van der Waals surface area contributed by atoms with Crippen molar-refractivity contribution in [1.29, 1.82) is 0 Å². The molecule has 182 valence electrons. The van der Waals surface area contributed by atoms with Crippen molar-refractivity contribution < 1.29 is 29.6 Å². The zero-order chi connectivity index (χ0) is 22.9. The molecule has 1 saturated heterocycles. The number of hydrogen-bond acceptors (Lipinski definition) is 5. The number of aliphatic carboxylic acids is 1. The van der Waals surface area contributed by atoms with E-state index in [4.69, 9.17) is 14.6 Å². The summed E-state index contributed by atoms with van der Waals surface area (Å²) >= 11 is 0. The molecule has 0 aromatic carbocycles. The van der Waals surface area contributed by atoms with E-state index in [1.807, 2.05) is 13.8 Å². The average molecular weight is 443 g/mol. The molecule has 1 heterocycles. The molecule has 0 radical (unpaired) electrons. The summed E-state index contributed by atoms with van der Waals surface area (Å²) in [5, 5.41) is 28.2. The zero-order valence-electron chi connectivity index (χ0n) is 19.7. The Labute approximate surface area is 189 Å². The van der Waals surface area contributed by atoms with Gasteiger partial charge in [-0.3, -0.25) is 0 Å². The van der Waals surface area contributed by atoms with Gasteiger partial charge in [0.05, 0.1) is 18.3 Å². The van der Waals surface area contributed by atoms with Crippen LogP contribution < -0.4 is 0 Å². The second-order valence-corrected chi connectivity index (χ2v) is 9.09. The number of hydrogen-bond donors (Lipinski definition) is 3. The fourth-order valence-electron chi connectivity index (χ4n) is 4.01. The summed E-state index contributed by atoms with van der Waals surface area (Å²) in [6, 6.07) is 0. The highest BCUT2D eigenvalue weighted by atomic mass is 16.7. The summed E-state index contributed by atoms with van der Waals surface area (Å²) in [5.41, 5.74) is 0. The Balaban J connectivity index is 1.84. The summed E-state index contributed by atoms with van der Waals surface area (Å²) in [6.07, 6.45) is 17.9. The Hall–Kier alpha value is -0.950. The second kappa shape index (κ2) is 17.6. The molecule has 31 heavy (non-hydrogen) atoms. The number of carboxylic acid groups (broad SMARTS) is 1. The minimum absolute atomic E-state index is 0.0512. The Bertz CT molecular complexity index is 481. The minimum atomic E-state index is -0.856. The maximum absolute atomic E-state index is 10.3. The van der Waals surface area contributed by atoms with Crippen molar-refractivity contribution in [2.75, 3.05) is 0 Å². The van der Waals surface area contributed by atoms with E-state index in [0.717, 1.165) is 25.7 Å². The van der Waals surface area contributed by atoms with E-state index in [0.29, 0.717) is 6.42 Å². The number of allylic oxidation sites excluding steroid dienone is 1. The molecule has 1 aliphatic rings. The van der Waals surface area contributed by atoms with Crippen LogP contribution in [-0.4, -0.2) is 52.0 Å². The number of aliphatic hydroxyl groups excluding tert-OH is 2. The summed E-state index contributed by atoms with van der Waals surface area (Å²) in [7, 11) is 0. The molecule has 1 aliphatic heterocycles. The van der Waals surface area contributed by atoms with Crippen molar-refractivity contribution in [3.05, 3.63) is 12.2 Å². The number of ether oxygens (including phenoxy) is 2. The van der Waals surface area contributed by atoms with Crippen LogP contribution in [0.15, 0.2) is 12.2 Å². The first-order valence-electron chi connectivity index (χ1n) is 12.5. The number of unbranched alkanes of at least 4 members (excludes halogenated alkanes) is 12. The molecule has 1 rings (SSSR count). The number of rotatable bonds is 18. The van der Waals surface area contributed by atoms with Gasteiger partial charge >= 0.3 is 5.97 Å². The molecular weight excluding hydrogens is 396 g/mol. The van der Waals surface area contributed by atoms with Gasteiger partial charge in [-0.05, 0) is 33.1 Å². The van der Waals surface area contributed by atoms with Gasteiger partial charge in [-0.2, -0.15) is 0 Å². The molecule has 0 aromatic rings. The van der Waals surface area contributed by atoms with Crippen LogP contribution >= 0.6 is 0 Å². The lowest BCUT2D eigenvalue weighted by Gasteiger charge is -2.36. The van der Waals surface area contributed by atoms with E-state index in [1.165, 1.54) is 70.3 Å². The smallest absolute Gasteiger partial charge is 0.327 e. The van der Waals surface area contributed by atoms with Crippen molar-refractivity contribution in [2.24, 2.45) is 0 Å². The molecule has 0 spiro atoms. The van der Waals surface area contributed by atoms with Crippen molar-refractivity contribution in [3.8, 4) is 0 Å². The maximum Gasteiger partial charge on any atom is 0.327 e. The van der Waals surface area contributed by atoms with Gasteiger partial charge in [0, 0.05) is 12.5 Å². The van der Waals surface area contributed by atoms with Crippen LogP contribution in [-0.2, 0) is 14.3 Å². The highest BCUT2D eigenvalue weighted by Gasteiger charge is 2.35. The van der Waals surface area contributed by atoms with E-state index in [2.05, 4.69) is 0 Å². The van der Waals surface area contributed by atoms with Crippen molar-refractivity contribution in [3.63, 3.8) is 0 Å². The molecule has 3 N–H and O–H groups in total. The molecule has 6 heteroatoms. The van der Waals surface area contributed by atoms with Crippen LogP contribution in [0.3, 0.4) is 0 Å². The van der Waals surface area contributed by atoms with Crippen molar-refractivity contribution in [2.45, 2.75) is 141 Å². The van der Waals surface area contributed by atoms with Crippen LogP contribution in [0, 0.1) is 0 Å². The van der Waals surface area contributed by atoms with Gasteiger partial charge in [0.25, 0.3) is 0 Å². The molecule has 1 fully saturated rings. The Morgan fingerprint density at radius 3 is 2.00 bits per heavy atom. The zero-order valence-corrected chi connectivity index (χ0v) is 19.7. The van der Waals surface area contributed by atoms with Gasteiger partial charge in [-0.25, -0.2) is 4.79 Å². The SMILES string of the molecule is C[C@H](CCCCCCCCCCCCCC/C=C/C(=O)O)O[C@@H]1O[C@@H](C)[C@H](O)C[C@H]1O. The average Bonchev–Trinajstić information content (AvgIpc) is 2.71. The fraction of sp³-hybridized carbons (Fsp3) is 0.880. The topological polar surface area (TPSA) is 96.2 Å². The minimum Gasteiger partial charge on any atom is -0.478 e. The fourth-order valence-corrected chi connectivity index (χ4v) is 4.01. The Kier molecular flexibility index (Phi) is 15.9. The van der Waals surface area contributed by atoms with E-state index >= 15 is 0 Å². The maximum atomic E-state index is 10.3. The lowest BCUT2D eigenvalue weighted by atomic mass is 10.0. The third kappa shape index (κ3) is 14.7. The molecule has 0 amide bonds. The standard InChI is InChI=1S/C25H46O6/c1-20(30-25-23(27)19-22(26)21(2)31-25)17-15-13-11-9-7-5-3-4-6-8-10-12-14-16-18-24(28)29/h16,18,20-23,25-27H,3-15,17,19H2,1-2H3,(H,28,29)/b18-16+/t20-,21+,22-,23-,25-/m1/s1. The van der Waals surface area contributed by atoms with Gasteiger partial charge in [0.2, 0.25) is 0 Å². The molecular formula is C25H46O6. The van der Waals surface area contributed by atoms with Crippen molar-refractivity contribution in [1.82, 2.24) is 0 Å². The molecule has 0 unspecified atom stereocenters. The van der Waals surface area contributed by atoms with Gasteiger partial charge < -0.3 is 24.8 Å². The quantitative estimate of drug-likeness (QED) is 0.196. The highest BCUT2D eigenvalue weighted by molar-refractivity contribution is 5.79. The first-order valence-corrected chi connectivity index (χ1v) is 12.5. The van der Waals surface area contributed by atoms with Crippen LogP contribution in [0.1, 0.15) is 110 Å². The Morgan fingerprint density at radius 2 is 1.45 bits per heavy atom. The summed E-state index contributed by atoms with van der Waals surface area (Å²) < 4.78 is 11.4. The summed E-state index contributed by atoms with van der Waals surface area (Å²) in [5.74, 6) is -0.856. The van der Waals surface area contributed by atoms with Crippen LogP contribution in [0.5, 0.6) is 0 Å². The number of aliphatic hydroxyl groups is 2. The molecule has 0 bridgehead atoms. The van der Waals surface area contributed by atoms with Crippen LogP contribution in [0.4, 0.5) is 0 Å². The summed E-state index contributed by atoms with van der Waals surface area (Å²) in [6.45, 7) is 3.83. The van der Waals surface area contributed by atoms with Crippen LogP contribution in [0.2, 0.25) is 0 Å². The largest absolute Gasteiger partial charge is 0.478 e. The first-order chi connectivity index (χ1) is 14.9. The van der Waals surface area contributed by atoms with E-state index < -0.39 is 24.5 Å². The third-order valence-corrected chi connectivity index (χ3v) is 6.05. The predicted molar refractivity (Wildman–Crippen MR) is 123 cm³/mol. The third-order valence-electron chi connectivity index (χ3n) is 6.05. The van der Waals surface area contributed by atoms with E-state index in [1.54, 1.807) is 6.08 Å². The summed E-state index contributed by atoms with van der Waals surface area (Å²) in [4.78, 5) is 10.3. The van der Waals surface area contributed by atoms with Crippen LogP contribution in [0.25, 0.3) is 0 Å². The number of carbonyl (C=O) groups is 1. The molecule has 0 aliphatic carbocycles. The van der Waals surface area contributed by atoms with Crippen molar-refractivity contribution >= 4 is 5.97 Å². The van der Waals surface area contributed by atoms with E-state index in [9.17, 15) is 15.0 Å². The Morgan fingerprint density at radius 1 is 0.935 bits per heavy atom.